The van der Waals surface area contributed by atoms with Crippen LogP contribution in [0.15, 0.2) is 54.9 Å². The molecule has 146 valence electrons. The van der Waals surface area contributed by atoms with Crippen molar-refractivity contribution < 1.29 is 9.59 Å². The summed E-state index contributed by atoms with van der Waals surface area (Å²) in [6.45, 7) is 2.57. The Balaban J connectivity index is 1.48. The molecule has 2 aliphatic rings. The highest BCUT2D eigenvalue weighted by Crippen LogP contribution is 2.52. The topological polar surface area (TPSA) is 62.3 Å². The summed E-state index contributed by atoms with van der Waals surface area (Å²) in [6, 6.07) is 13.9. The molecule has 3 atom stereocenters. The maximum absolute atomic E-state index is 13.2. The maximum Gasteiger partial charge on any atom is 0.228 e. The zero-order chi connectivity index (χ0) is 19.6. The second kappa shape index (κ2) is 7.74. The standard InChI is InChI=1S/C23H27N3O2/c1-2-23(22(28)25-16-18-10-12-24-13-11-18)15-19-8-9-20(23)26(19)21(27)14-17-6-4-3-5-7-17/h3-7,10-13,19-20H,2,8-9,14-16H2,1H3,(H,25,28)/t19-,20+,23+/m0/s1. The molecule has 0 spiro atoms. The second-order valence-electron chi connectivity index (χ2n) is 7.96. The maximum atomic E-state index is 13.2. The Labute approximate surface area is 166 Å². The molecule has 1 aromatic carbocycles. The first-order valence-corrected chi connectivity index (χ1v) is 10.2. The van der Waals surface area contributed by atoms with Gasteiger partial charge in [-0.3, -0.25) is 14.6 Å². The number of rotatable bonds is 6. The number of nitrogens with zero attached hydrogens (tertiary/aromatic N) is 2. The minimum absolute atomic E-state index is 0.0103. The van der Waals surface area contributed by atoms with E-state index in [0.717, 1.165) is 36.8 Å². The molecular weight excluding hydrogens is 350 g/mol. The van der Waals surface area contributed by atoms with Gasteiger partial charge in [0, 0.05) is 31.0 Å². The highest BCUT2D eigenvalue weighted by atomic mass is 16.2. The molecule has 5 nitrogen and oxygen atoms in total. The van der Waals surface area contributed by atoms with E-state index in [0.29, 0.717) is 13.0 Å². The number of pyridine rings is 1. The summed E-state index contributed by atoms with van der Waals surface area (Å²) in [5.74, 6) is 0.229. The number of hydrogen-bond acceptors (Lipinski definition) is 3. The first-order chi connectivity index (χ1) is 13.6. The van der Waals surface area contributed by atoms with Crippen molar-refractivity contribution >= 4 is 11.8 Å². The number of fused-ring (bicyclic) bond motifs is 2. The first kappa shape index (κ1) is 18.7. The minimum Gasteiger partial charge on any atom is -0.351 e. The van der Waals surface area contributed by atoms with E-state index in [2.05, 4.69) is 17.2 Å². The van der Waals surface area contributed by atoms with E-state index < -0.39 is 5.41 Å². The summed E-state index contributed by atoms with van der Waals surface area (Å²) < 4.78 is 0. The van der Waals surface area contributed by atoms with Crippen molar-refractivity contribution in [2.75, 3.05) is 0 Å². The summed E-state index contributed by atoms with van der Waals surface area (Å²) in [5, 5.41) is 3.12. The molecule has 2 aliphatic heterocycles. The number of benzene rings is 1. The average molecular weight is 377 g/mol. The molecule has 2 amide bonds. The highest BCUT2D eigenvalue weighted by molar-refractivity contribution is 5.87. The van der Waals surface area contributed by atoms with Gasteiger partial charge in [-0.05, 0) is 48.9 Å². The minimum atomic E-state index is -0.470. The van der Waals surface area contributed by atoms with Gasteiger partial charge in [-0.25, -0.2) is 0 Å². The van der Waals surface area contributed by atoms with Gasteiger partial charge in [-0.15, -0.1) is 0 Å². The van der Waals surface area contributed by atoms with E-state index in [1.54, 1.807) is 12.4 Å². The molecule has 28 heavy (non-hydrogen) atoms. The zero-order valence-corrected chi connectivity index (χ0v) is 16.3. The van der Waals surface area contributed by atoms with Crippen LogP contribution in [0.3, 0.4) is 0 Å². The van der Waals surface area contributed by atoms with E-state index in [1.165, 1.54) is 0 Å². The zero-order valence-electron chi connectivity index (χ0n) is 16.3. The van der Waals surface area contributed by atoms with Gasteiger partial charge >= 0.3 is 0 Å². The van der Waals surface area contributed by atoms with Crippen LogP contribution in [-0.2, 0) is 22.6 Å². The molecule has 2 fully saturated rings. The van der Waals surface area contributed by atoms with E-state index in [9.17, 15) is 9.59 Å². The second-order valence-corrected chi connectivity index (χ2v) is 7.96. The fourth-order valence-corrected chi connectivity index (χ4v) is 5.07. The van der Waals surface area contributed by atoms with Crippen LogP contribution in [-0.4, -0.2) is 33.8 Å². The summed E-state index contributed by atoms with van der Waals surface area (Å²) in [7, 11) is 0. The molecule has 0 aliphatic carbocycles. The lowest BCUT2D eigenvalue weighted by atomic mass is 9.71. The highest BCUT2D eigenvalue weighted by Gasteiger charge is 2.59. The summed E-state index contributed by atoms with van der Waals surface area (Å²) in [5.41, 5.74) is 1.60. The number of hydrogen-bond donors (Lipinski definition) is 1. The van der Waals surface area contributed by atoms with E-state index in [-0.39, 0.29) is 23.9 Å². The van der Waals surface area contributed by atoms with Crippen molar-refractivity contribution in [3.8, 4) is 0 Å². The largest absolute Gasteiger partial charge is 0.351 e. The molecule has 3 heterocycles. The fourth-order valence-electron chi connectivity index (χ4n) is 5.07. The Morgan fingerprint density at radius 1 is 1.11 bits per heavy atom. The first-order valence-electron chi connectivity index (χ1n) is 10.2. The van der Waals surface area contributed by atoms with Crippen LogP contribution >= 0.6 is 0 Å². The van der Waals surface area contributed by atoms with Crippen molar-refractivity contribution in [3.63, 3.8) is 0 Å². The Kier molecular flexibility index (Phi) is 5.16. The molecule has 5 heteroatoms. The van der Waals surface area contributed by atoms with Gasteiger partial charge in [0.15, 0.2) is 0 Å². The van der Waals surface area contributed by atoms with Crippen molar-refractivity contribution in [2.45, 2.75) is 57.7 Å². The third-order valence-corrected chi connectivity index (χ3v) is 6.51. The Morgan fingerprint density at radius 2 is 1.86 bits per heavy atom. The number of carbonyl (C=O) groups is 2. The van der Waals surface area contributed by atoms with Gasteiger partial charge in [0.2, 0.25) is 11.8 Å². The predicted molar refractivity (Wildman–Crippen MR) is 107 cm³/mol. The molecule has 1 N–H and O–H groups in total. The third kappa shape index (κ3) is 3.30. The number of nitrogens with one attached hydrogen (secondary N) is 1. The molecule has 2 bridgehead atoms. The normalized spacial score (nSPS) is 25.7. The Bertz CT molecular complexity index is 839. The van der Waals surface area contributed by atoms with Crippen LogP contribution in [0.2, 0.25) is 0 Å². The van der Waals surface area contributed by atoms with Gasteiger partial charge < -0.3 is 10.2 Å². The van der Waals surface area contributed by atoms with Crippen LogP contribution in [0.1, 0.15) is 43.7 Å². The van der Waals surface area contributed by atoms with Crippen molar-refractivity contribution in [3.05, 3.63) is 66.0 Å². The quantitative estimate of drug-likeness (QED) is 0.841. The van der Waals surface area contributed by atoms with Crippen LogP contribution in [0.4, 0.5) is 0 Å². The van der Waals surface area contributed by atoms with Gasteiger partial charge in [-0.1, -0.05) is 37.3 Å². The van der Waals surface area contributed by atoms with Crippen LogP contribution in [0, 0.1) is 5.41 Å². The smallest absolute Gasteiger partial charge is 0.228 e. The average Bonchev–Trinajstić information content (AvgIpc) is 3.30. The molecule has 0 radical (unpaired) electrons. The summed E-state index contributed by atoms with van der Waals surface area (Å²) in [6.07, 6.45) is 7.33. The van der Waals surface area contributed by atoms with Gasteiger partial charge in [-0.2, -0.15) is 0 Å². The van der Waals surface area contributed by atoms with Crippen LogP contribution in [0.5, 0.6) is 0 Å². The number of carbonyl (C=O) groups excluding carboxylic acids is 2. The van der Waals surface area contributed by atoms with E-state index in [1.807, 2.05) is 47.4 Å². The van der Waals surface area contributed by atoms with E-state index in [4.69, 9.17) is 0 Å². The molecule has 4 rings (SSSR count). The summed E-state index contributed by atoms with van der Waals surface area (Å²) in [4.78, 5) is 32.3. The lowest BCUT2D eigenvalue weighted by Gasteiger charge is -2.35. The SMILES string of the molecule is CC[C@@]1(C(=O)NCc2ccncc2)C[C@@H]2CC[C@H]1N2C(=O)Cc1ccccc1. The molecular formula is C23H27N3O2. The Hall–Kier alpha value is -2.69. The van der Waals surface area contributed by atoms with Crippen molar-refractivity contribution in [2.24, 2.45) is 5.41 Å². The fraction of sp³-hybridized carbons (Fsp3) is 0.435. The van der Waals surface area contributed by atoms with Crippen LogP contribution < -0.4 is 5.32 Å². The predicted octanol–water partition coefficient (Wildman–Crippen LogP) is 3.10. The van der Waals surface area contributed by atoms with Crippen molar-refractivity contribution in [1.82, 2.24) is 15.2 Å². The van der Waals surface area contributed by atoms with Gasteiger partial charge in [0.05, 0.1) is 11.8 Å². The third-order valence-electron chi connectivity index (χ3n) is 6.51. The Morgan fingerprint density at radius 3 is 2.57 bits per heavy atom. The summed E-state index contributed by atoms with van der Waals surface area (Å²) >= 11 is 0. The molecule has 2 saturated heterocycles. The number of aromatic nitrogens is 1. The molecule has 0 saturated carbocycles. The van der Waals surface area contributed by atoms with E-state index >= 15 is 0 Å². The monoisotopic (exact) mass is 377 g/mol. The molecule has 0 unspecified atom stereocenters. The molecule has 1 aromatic heterocycles. The van der Waals surface area contributed by atoms with Gasteiger partial charge in [0.25, 0.3) is 0 Å². The van der Waals surface area contributed by atoms with Crippen molar-refractivity contribution in [1.29, 1.82) is 0 Å². The lowest BCUT2D eigenvalue weighted by molar-refractivity contribution is -0.136. The lowest BCUT2D eigenvalue weighted by Crippen LogP contribution is -2.49. The molecule has 2 aromatic rings. The number of amides is 2. The van der Waals surface area contributed by atoms with Gasteiger partial charge in [0.1, 0.15) is 0 Å². The van der Waals surface area contributed by atoms with Crippen LogP contribution in [0.25, 0.3) is 0 Å².